The van der Waals surface area contributed by atoms with Crippen molar-refractivity contribution in [2.45, 2.75) is 13.8 Å². The van der Waals surface area contributed by atoms with Gasteiger partial charge in [0, 0.05) is 21.5 Å². The summed E-state index contributed by atoms with van der Waals surface area (Å²) in [6.45, 7) is 4.20. The number of hydrogen-bond acceptors (Lipinski definition) is 2. The van der Waals surface area contributed by atoms with Crippen molar-refractivity contribution in [1.29, 1.82) is 10.5 Å². The maximum absolute atomic E-state index is 10.7. The Hall–Kier alpha value is -4.92. The van der Waals surface area contributed by atoms with Gasteiger partial charge >= 0.3 is 0 Å². The largest absolute Gasteiger partial charge is 0.192 e. The number of benzene rings is 6. The second-order valence-corrected chi connectivity index (χ2v) is 10.1. The molecule has 8 aromatic rings. The molecule has 0 unspecified atom stereocenters. The molecular formula is C34H18N2. The zero-order chi connectivity index (χ0) is 24.3. The number of nitrogens with zero attached hydrogens (tertiary/aromatic N) is 2. The predicted molar refractivity (Wildman–Crippen MR) is 150 cm³/mol. The molecule has 0 aliphatic heterocycles. The van der Waals surface area contributed by atoms with Crippen LogP contribution < -0.4 is 0 Å². The number of rotatable bonds is 0. The highest BCUT2D eigenvalue weighted by Gasteiger charge is 2.25. The van der Waals surface area contributed by atoms with Gasteiger partial charge in [-0.2, -0.15) is 10.5 Å². The second-order valence-electron chi connectivity index (χ2n) is 10.1. The Morgan fingerprint density at radius 3 is 1.69 bits per heavy atom. The van der Waals surface area contributed by atoms with E-state index in [4.69, 9.17) is 0 Å². The average molecular weight is 455 g/mol. The molecule has 0 amide bonds. The summed E-state index contributed by atoms with van der Waals surface area (Å²) in [6, 6.07) is 30.9. The molecule has 8 rings (SSSR count). The minimum Gasteiger partial charge on any atom is -0.192 e. The van der Waals surface area contributed by atoms with E-state index in [-0.39, 0.29) is 0 Å². The first-order valence-corrected chi connectivity index (χ1v) is 12.2. The summed E-state index contributed by atoms with van der Waals surface area (Å²) in [6.07, 6.45) is 0. The van der Waals surface area contributed by atoms with Gasteiger partial charge in [0.1, 0.15) is 12.1 Å². The Bertz CT molecular complexity index is 2340. The van der Waals surface area contributed by atoms with Crippen LogP contribution in [0.4, 0.5) is 0 Å². The SMILES string of the molecule is Cc1cc2cc(C)cc3c4c(C#N)c5c(cc6c7ccccc7c7cccc5c76)c(C#N)c4c(c1)c23. The Morgan fingerprint density at radius 2 is 1.03 bits per heavy atom. The molecule has 0 atom stereocenters. The van der Waals surface area contributed by atoms with Gasteiger partial charge in [0.15, 0.2) is 0 Å². The first-order valence-electron chi connectivity index (χ1n) is 12.2. The zero-order valence-corrected chi connectivity index (χ0v) is 19.8. The van der Waals surface area contributed by atoms with E-state index in [1.165, 1.54) is 21.5 Å². The molecule has 0 spiro atoms. The van der Waals surface area contributed by atoms with Crippen LogP contribution >= 0.6 is 0 Å². The molecule has 0 radical (unpaired) electrons. The van der Waals surface area contributed by atoms with E-state index >= 15 is 0 Å². The summed E-state index contributed by atoms with van der Waals surface area (Å²) in [5.74, 6) is 0. The maximum Gasteiger partial charge on any atom is 0.100 e. The van der Waals surface area contributed by atoms with Gasteiger partial charge in [-0.1, -0.05) is 66.7 Å². The number of hydrogen-bond donors (Lipinski definition) is 0. The minimum atomic E-state index is 0.660. The molecule has 2 nitrogen and oxygen atoms in total. The fourth-order valence-corrected chi connectivity index (χ4v) is 6.83. The molecule has 164 valence electrons. The monoisotopic (exact) mass is 454 g/mol. The van der Waals surface area contributed by atoms with Crippen molar-refractivity contribution < 1.29 is 0 Å². The van der Waals surface area contributed by atoms with Crippen LogP contribution in [0.2, 0.25) is 0 Å². The van der Waals surface area contributed by atoms with Crippen molar-refractivity contribution in [3.05, 3.63) is 95.1 Å². The fourth-order valence-electron chi connectivity index (χ4n) is 6.83. The van der Waals surface area contributed by atoms with E-state index in [0.717, 1.165) is 65.0 Å². The summed E-state index contributed by atoms with van der Waals surface area (Å²) < 4.78 is 0. The summed E-state index contributed by atoms with van der Waals surface area (Å²) in [4.78, 5) is 0. The van der Waals surface area contributed by atoms with Crippen molar-refractivity contribution in [1.82, 2.24) is 0 Å². The molecule has 0 saturated carbocycles. The van der Waals surface area contributed by atoms with Gasteiger partial charge in [-0.05, 0) is 84.9 Å². The molecule has 0 aliphatic rings. The molecule has 2 heteroatoms. The van der Waals surface area contributed by atoms with Crippen LogP contribution in [0.5, 0.6) is 0 Å². The highest BCUT2D eigenvalue weighted by molar-refractivity contribution is 6.40. The Labute approximate surface area is 206 Å². The molecule has 0 aromatic heterocycles. The van der Waals surface area contributed by atoms with Gasteiger partial charge in [0.2, 0.25) is 0 Å². The lowest BCUT2D eigenvalue weighted by molar-refractivity contribution is 1.50. The molecule has 8 aromatic carbocycles. The predicted octanol–water partition coefficient (Wildman–Crippen LogP) is 8.99. The van der Waals surface area contributed by atoms with Crippen molar-refractivity contribution >= 4 is 75.4 Å². The minimum absolute atomic E-state index is 0.660. The summed E-state index contributed by atoms with van der Waals surface area (Å²) in [5, 5.41) is 36.3. The third kappa shape index (κ3) is 2.12. The topological polar surface area (TPSA) is 47.6 Å². The summed E-state index contributed by atoms with van der Waals surface area (Å²) in [5.41, 5.74) is 3.63. The Morgan fingerprint density at radius 1 is 0.444 bits per heavy atom. The molecule has 0 N–H and O–H groups in total. The molecule has 36 heavy (non-hydrogen) atoms. The van der Waals surface area contributed by atoms with Crippen LogP contribution in [0.25, 0.3) is 75.4 Å². The van der Waals surface area contributed by atoms with Crippen LogP contribution in [0.1, 0.15) is 22.3 Å². The lowest BCUT2D eigenvalue weighted by Crippen LogP contribution is -1.90. The van der Waals surface area contributed by atoms with Crippen LogP contribution in [0.15, 0.2) is 72.8 Å². The van der Waals surface area contributed by atoms with Crippen molar-refractivity contribution in [3.8, 4) is 12.1 Å². The van der Waals surface area contributed by atoms with Gasteiger partial charge in [-0.25, -0.2) is 0 Å². The van der Waals surface area contributed by atoms with Gasteiger partial charge < -0.3 is 0 Å². The van der Waals surface area contributed by atoms with Gasteiger partial charge in [-0.15, -0.1) is 0 Å². The average Bonchev–Trinajstić information content (AvgIpc) is 3.37. The molecule has 0 aliphatic carbocycles. The zero-order valence-electron chi connectivity index (χ0n) is 19.8. The van der Waals surface area contributed by atoms with E-state index in [1.807, 2.05) is 0 Å². The first kappa shape index (κ1) is 19.4. The third-order valence-corrected chi connectivity index (χ3v) is 8.04. The van der Waals surface area contributed by atoms with Crippen LogP contribution in [-0.4, -0.2) is 0 Å². The second kappa shape index (κ2) is 6.39. The Balaban J connectivity index is 1.79. The standard InChI is InChI=1S/C34H18N2/c1-17-10-19-11-18(2)13-27-30(19)26(12-17)33-28(15-35)25-14-24-21-7-4-3-6-20(21)22-8-5-9-23(31(22)24)32(25)29(16-36)34(27)33/h3-14H,1-2H3. The van der Waals surface area contributed by atoms with Crippen molar-refractivity contribution in [2.24, 2.45) is 0 Å². The maximum atomic E-state index is 10.7. The van der Waals surface area contributed by atoms with E-state index < -0.39 is 0 Å². The smallest absolute Gasteiger partial charge is 0.100 e. The molecule has 0 bridgehead atoms. The number of nitriles is 2. The third-order valence-electron chi connectivity index (χ3n) is 8.04. The molecule has 0 heterocycles. The van der Waals surface area contributed by atoms with Crippen molar-refractivity contribution in [2.75, 3.05) is 0 Å². The van der Waals surface area contributed by atoms with E-state index in [0.29, 0.717) is 11.1 Å². The van der Waals surface area contributed by atoms with Crippen LogP contribution in [0, 0.1) is 36.5 Å². The van der Waals surface area contributed by atoms with Crippen LogP contribution in [-0.2, 0) is 0 Å². The summed E-state index contributed by atoms with van der Waals surface area (Å²) >= 11 is 0. The van der Waals surface area contributed by atoms with E-state index in [1.54, 1.807) is 0 Å². The number of fused-ring (bicyclic) bond motifs is 8. The quantitative estimate of drug-likeness (QED) is 0.215. The normalized spacial score (nSPS) is 12.1. The lowest BCUT2D eigenvalue weighted by atomic mass is 9.89. The highest BCUT2D eigenvalue weighted by Crippen LogP contribution is 2.49. The summed E-state index contributed by atoms with van der Waals surface area (Å²) in [7, 11) is 0. The fraction of sp³-hybridized carbons (Fsp3) is 0.0588. The lowest BCUT2D eigenvalue weighted by Gasteiger charge is -2.11. The van der Waals surface area contributed by atoms with Gasteiger partial charge in [-0.3, -0.25) is 0 Å². The molecule has 0 fully saturated rings. The van der Waals surface area contributed by atoms with E-state index in [9.17, 15) is 10.5 Å². The highest BCUT2D eigenvalue weighted by atomic mass is 14.3. The molecule has 0 saturated heterocycles. The first-order chi connectivity index (χ1) is 17.6. The number of aryl methyl sites for hydroxylation is 2. The van der Waals surface area contributed by atoms with Crippen LogP contribution in [0.3, 0.4) is 0 Å². The Kier molecular flexibility index (Phi) is 3.44. The van der Waals surface area contributed by atoms with Gasteiger partial charge in [0.25, 0.3) is 0 Å². The van der Waals surface area contributed by atoms with Crippen molar-refractivity contribution in [3.63, 3.8) is 0 Å². The van der Waals surface area contributed by atoms with E-state index in [2.05, 4.69) is 98.8 Å². The molecular weight excluding hydrogens is 436 g/mol. The van der Waals surface area contributed by atoms with Gasteiger partial charge in [0.05, 0.1) is 11.1 Å².